The van der Waals surface area contributed by atoms with Crippen molar-refractivity contribution in [1.82, 2.24) is 0 Å². The maximum atomic E-state index is 11.5. The first kappa shape index (κ1) is 7.84. The van der Waals surface area contributed by atoms with Crippen molar-refractivity contribution in [3.8, 4) is 0 Å². The van der Waals surface area contributed by atoms with Crippen LogP contribution >= 0.6 is 0 Å². The fraction of sp³-hybridized carbons (Fsp3) is 0.700. The van der Waals surface area contributed by atoms with E-state index in [-0.39, 0.29) is 0 Å². The number of Topliss-reactive ketones (excluding diaryl/α,β-unsaturated/α-hetero) is 1. The molecule has 0 unspecified atom stereocenters. The second-order valence-electron chi connectivity index (χ2n) is 3.69. The highest BCUT2D eigenvalue weighted by atomic mass is 16.5. The van der Waals surface area contributed by atoms with E-state index in [4.69, 9.17) is 4.74 Å². The molecule has 1 heterocycles. The zero-order valence-corrected chi connectivity index (χ0v) is 7.21. The van der Waals surface area contributed by atoms with E-state index in [0.29, 0.717) is 11.7 Å². The Bertz CT molecular complexity index is 214. The summed E-state index contributed by atoms with van der Waals surface area (Å²) in [6, 6.07) is 0. The fourth-order valence-electron chi connectivity index (χ4n) is 1.48. The first-order valence-corrected chi connectivity index (χ1v) is 4.70. The first-order valence-electron chi connectivity index (χ1n) is 4.70. The van der Waals surface area contributed by atoms with Crippen LogP contribution in [0, 0.1) is 5.92 Å². The average molecular weight is 166 g/mol. The van der Waals surface area contributed by atoms with Gasteiger partial charge in [-0.2, -0.15) is 0 Å². The van der Waals surface area contributed by atoms with Crippen LogP contribution in [0.5, 0.6) is 0 Å². The number of hydrogen-bond donors (Lipinski definition) is 0. The van der Waals surface area contributed by atoms with Crippen molar-refractivity contribution in [2.24, 2.45) is 5.92 Å². The molecule has 0 radical (unpaired) electrons. The van der Waals surface area contributed by atoms with Gasteiger partial charge < -0.3 is 4.74 Å². The molecule has 2 aliphatic rings. The Hall–Kier alpha value is -0.790. The van der Waals surface area contributed by atoms with E-state index in [0.717, 1.165) is 31.4 Å². The Balaban J connectivity index is 1.88. The van der Waals surface area contributed by atoms with Crippen molar-refractivity contribution in [2.45, 2.75) is 32.1 Å². The lowest BCUT2D eigenvalue weighted by Gasteiger charge is -2.11. The molecular weight excluding hydrogens is 152 g/mol. The number of rotatable bonds is 3. The third kappa shape index (κ3) is 1.87. The van der Waals surface area contributed by atoms with Crippen molar-refractivity contribution in [2.75, 3.05) is 6.61 Å². The Morgan fingerprint density at radius 3 is 3.00 bits per heavy atom. The molecule has 66 valence electrons. The molecule has 0 amide bonds. The second-order valence-corrected chi connectivity index (χ2v) is 3.69. The molecule has 0 N–H and O–H groups in total. The Labute approximate surface area is 72.6 Å². The van der Waals surface area contributed by atoms with Crippen LogP contribution in [0.2, 0.25) is 0 Å². The third-order valence-corrected chi connectivity index (χ3v) is 2.46. The highest BCUT2D eigenvalue weighted by molar-refractivity contribution is 5.95. The predicted molar refractivity (Wildman–Crippen MR) is 45.6 cm³/mol. The van der Waals surface area contributed by atoms with Gasteiger partial charge in [0.15, 0.2) is 5.78 Å². The minimum Gasteiger partial charge on any atom is -0.501 e. The summed E-state index contributed by atoms with van der Waals surface area (Å²) in [7, 11) is 0. The van der Waals surface area contributed by atoms with Crippen LogP contribution in [0.3, 0.4) is 0 Å². The van der Waals surface area contributed by atoms with Crippen LogP contribution in [0.4, 0.5) is 0 Å². The number of ether oxygens (including phenoxy) is 1. The van der Waals surface area contributed by atoms with Crippen molar-refractivity contribution in [1.29, 1.82) is 0 Å². The molecule has 2 nitrogen and oxygen atoms in total. The standard InChI is InChI=1S/C10H14O2/c11-10(6-8-3-4-8)9-2-1-5-12-7-9/h7-8H,1-6H2. The van der Waals surface area contributed by atoms with Crippen LogP contribution in [-0.4, -0.2) is 12.4 Å². The first-order chi connectivity index (χ1) is 5.86. The Morgan fingerprint density at radius 2 is 2.42 bits per heavy atom. The van der Waals surface area contributed by atoms with Crippen molar-refractivity contribution < 1.29 is 9.53 Å². The summed E-state index contributed by atoms with van der Waals surface area (Å²) in [5.41, 5.74) is 0.910. The van der Waals surface area contributed by atoms with Gasteiger partial charge in [0.25, 0.3) is 0 Å². The summed E-state index contributed by atoms with van der Waals surface area (Å²) in [5.74, 6) is 1.01. The molecule has 0 saturated heterocycles. The maximum absolute atomic E-state index is 11.5. The van der Waals surface area contributed by atoms with E-state index in [1.54, 1.807) is 6.26 Å². The molecule has 0 aromatic heterocycles. The lowest BCUT2D eigenvalue weighted by atomic mass is 10.0. The Morgan fingerprint density at radius 1 is 1.58 bits per heavy atom. The topological polar surface area (TPSA) is 26.3 Å². The lowest BCUT2D eigenvalue weighted by molar-refractivity contribution is -0.116. The molecule has 0 atom stereocenters. The van der Waals surface area contributed by atoms with E-state index >= 15 is 0 Å². The lowest BCUT2D eigenvalue weighted by Crippen LogP contribution is -2.09. The van der Waals surface area contributed by atoms with Crippen molar-refractivity contribution >= 4 is 5.78 Å². The van der Waals surface area contributed by atoms with Gasteiger partial charge in [0.2, 0.25) is 0 Å². The number of carbonyl (C=O) groups excluding carboxylic acids is 1. The van der Waals surface area contributed by atoms with Crippen LogP contribution in [-0.2, 0) is 9.53 Å². The van der Waals surface area contributed by atoms with Gasteiger partial charge in [-0.15, -0.1) is 0 Å². The van der Waals surface area contributed by atoms with Gasteiger partial charge in [-0.3, -0.25) is 4.79 Å². The highest BCUT2D eigenvalue weighted by Crippen LogP contribution is 2.34. The molecule has 0 aromatic rings. The average Bonchev–Trinajstić information content (AvgIpc) is 2.90. The summed E-state index contributed by atoms with van der Waals surface area (Å²) in [6.07, 6.45) is 6.84. The third-order valence-electron chi connectivity index (χ3n) is 2.46. The number of carbonyl (C=O) groups is 1. The highest BCUT2D eigenvalue weighted by Gasteiger charge is 2.26. The smallest absolute Gasteiger partial charge is 0.162 e. The van der Waals surface area contributed by atoms with E-state index < -0.39 is 0 Å². The molecular formula is C10H14O2. The second kappa shape index (κ2) is 3.30. The normalized spacial score (nSPS) is 22.8. The van der Waals surface area contributed by atoms with Crippen LogP contribution < -0.4 is 0 Å². The summed E-state index contributed by atoms with van der Waals surface area (Å²) >= 11 is 0. The van der Waals surface area contributed by atoms with Crippen LogP contribution in [0.25, 0.3) is 0 Å². The zero-order valence-electron chi connectivity index (χ0n) is 7.21. The largest absolute Gasteiger partial charge is 0.501 e. The molecule has 0 aromatic carbocycles. The molecule has 1 saturated carbocycles. The van der Waals surface area contributed by atoms with Gasteiger partial charge in [-0.1, -0.05) is 0 Å². The molecule has 1 fully saturated rings. The Kier molecular flexibility index (Phi) is 2.15. The van der Waals surface area contributed by atoms with E-state index in [1.807, 2.05) is 0 Å². The molecule has 1 aliphatic heterocycles. The van der Waals surface area contributed by atoms with Gasteiger partial charge in [-0.25, -0.2) is 0 Å². The molecule has 2 rings (SSSR count). The van der Waals surface area contributed by atoms with E-state index in [9.17, 15) is 4.79 Å². The monoisotopic (exact) mass is 166 g/mol. The molecule has 12 heavy (non-hydrogen) atoms. The molecule has 0 bridgehead atoms. The summed E-state index contributed by atoms with van der Waals surface area (Å²) < 4.78 is 5.12. The molecule has 0 spiro atoms. The van der Waals surface area contributed by atoms with Crippen LogP contribution in [0.1, 0.15) is 32.1 Å². The minimum absolute atomic E-state index is 0.317. The molecule has 2 heteroatoms. The van der Waals surface area contributed by atoms with E-state index in [1.165, 1.54) is 12.8 Å². The van der Waals surface area contributed by atoms with Crippen molar-refractivity contribution in [3.05, 3.63) is 11.8 Å². The van der Waals surface area contributed by atoms with Gasteiger partial charge in [-0.05, 0) is 31.6 Å². The molecule has 1 aliphatic carbocycles. The van der Waals surface area contributed by atoms with Gasteiger partial charge in [0, 0.05) is 12.0 Å². The number of ketones is 1. The summed E-state index contributed by atoms with van der Waals surface area (Å²) in [4.78, 5) is 11.5. The van der Waals surface area contributed by atoms with Crippen LogP contribution in [0.15, 0.2) is 11.8 Å². The number of allylic oxidation sites excluding steroid dienone is 1. The van der Waals surface area contributed by atoms with Gasteiger partial charge in [0.05, 0.1) is 12.9 Å². The maximum Gasteiger partial charge on any atom is 0.162 e. The zero-order chi connectivity index (χ0) is 8.39. The van der Waals surface area contributed by atoms with Gasteiger partial charge in [0.1, 0.15) is 0 Å². The van der Waals surface area contributed by atoms with Gasteiger partial charge >= 0.3 is 0 Å². The van der Waals surface area contributed by atoms with Crippen molar-refractivity contribution in [3.63, 3.8) is 0 Å². The number of hydrogen-bond acceptors (Lipinski definition) is 2. The fourth-order valence-corrected chi connectivity index (χ4v) is 1.48. The SMILES string of the molecule is O=C(CC1CC1)C1=COCCC1. The quantitative estimate of drug-likeness (QED) is 0.641. The predicted octanol–water partition coefficient (Wildman–Crippen LogP) is 2.05. The van der Waals surface area contributed by atoms with E-state index in [2.05, 4.69) is 0 Å². The summed E-state index contributed by atoms with van der Waals surface area (Å²) in [5, 5.41) is 0. The summed E-state index contributed by atoms with van der Waals surface area (Å²) in [6.45, 7) is 0.778. The minimum atomic E-state index is 0.317.